The Labute approximate surface area is 145 Å². The number of allylic oxidation sites excluding steroid dienone is 1. The summed E-state index contributed by atoms with van der Waals surface area (Å²) in [6.07, 6.45) is 0. The predicted octanol–water partition coefficient (Wildman–Crippen LogP) is 5.06. The summed E-state index contributed by atoms with van der Waals surface area (Å²) in [6, 6.07) is 32.5. The number of benzene rings is 3. The molecule has 0 N–H and O–H groups in total. The molecule has 0 atom stereocenters. The van der Waals surface area contributed by atoms with Crippen LogP contribution in [0.3, 0.4) is 0 Å². The van der Waals surface area contributed by atoms with Crippen molar-refractivity contribution < 1.29 is 0 Å². The molecular formula is C23H22P+. The Morgan fingerprint density at radius 3 is 1.25 bits per heavy atom. The van der Waals surface area contributed by atoms with E-state index in [4.69, 9.17) is 0 Å². The molecule has 3 rings (SSSR count). The Morgan fingerprint density at radius 1 is 0.625 bits per heavy atom. The van der Waals surface area contributed by atoms with Crippen LogP contribution in [0.5, 0.6) is 0 Å². The van der Waals surface area contributed by atoms with E-state index in [1.165, 1.54) is 21.5 Å². The van der Waals surface area contributed by atoms with Crippen molar-refractivity contribution in [2.75, 3.05) is 0 Å². The van der Waals surface area contributed by atoms with Crippen molar-refractivity contribution >= 4 is 23.2 Å². The fraction of sp³-hybridized carbons (Fsp3) is 0.0870. The van der Waals surface area contributed by atoms with Gasteiger partial charge in [-0.1, -0.05) is 60.3 Å². The average molecular weight is 329 g/mol. The minimum Gasteiger partial charge on any atom is -0.0833 e. The smallest absolute Gasteiger partial charge is 0.0833 e. The second-order valence-electron chi connectivity index (χ2n) is 6.00. The molecule has 3 aromatic rings. The summed E-state index contributed by atoms with van der Waals surface area (Å²) in [4.78, 5) is 0. The van der Waals surface area contributed by atoms with Gasteiger partial charge < -0.3 is 0 Å². The Balaban J connectivity index is 2.40. The predicted molar refractivity (Wildman–Crippen MR) is 108 cm³/mol. The first-order valence-electron chi connectivity index (χ1n) is 8.20. The fourth-order valence-electron chi connectivity index (χ4n) is 2.89. The lowest BCUT2D eigenvalue weighted by atomic mass is 10.4. The summed E-state index contributed by atoms with van der Waals surface area (Å²) in [5, 5.41) is 4.07. The standard InChI is InChI=1S/C23H22P/c1-20(2)18-19-24(21-12-6-3-7-13-21,22-14-8-4-9-15-22)23-16-10-5-11-17-23/h3-17,19H,1-2H3/q+1. The third kappa shape index (κ3) is 3.26. The maximum atomic E-state index is 3.52. The molecule has 1 heteroatoms. The monoisotopic (exact) mass is 329 g/mol. The second kappa shape index (κ2) is 7.45. The van der Waals surface area contributed by atoms with Crippen LogP contribution in [0, 0.1) is 0 Å². The molecule has 0 aliphatic rings. The van der Waals surface area contributed by atoms with Crippen molar-refractivity contribution in [3.8, 4) is 0 Å². The zero-order valence-corrected chi connectivity index (χ0v) is 15.1. The molecule has 0 aromatic heterocycles. The molecule has 0 radical (unpaired) electrons. The van der Waals surface area contributed by atoms with Crippen molar-refractivity contribution in [3.63, 3.8) is 0 Å². The molecule has 0 aliphatic carbocycles. The first kappa shape index (κ1) is 16.5. The highest BCUT2D eigenvalue weighted by molar-refractivity contribution is 7.98. The maximum Gasteiger partial charge on any atom is 0.144 e. The van der Waals surface area contributed by atoms with E-state index < -0.39 is 7.26 Å². The van der Waals surface area contributed by atoms with Gasteiger partial charge in [-0.25, -0.2) is 0 Å². The topological polar surface area (TPSA) is 0 Å². The molecule has 24 heavy (non-hydrogen) atoms. The van der Waals surface area contributed by atoms with E-state index in [0.29, 0.717) is 0 Å². The van der Waals surface area contributed by atoms with Gasteiger partial charge in [-0.05, 0) is 55.8 Å². The summed E-state index contributed by atoms with van der Waals surface area (Å²) in [5.41, 5.74) is 4.72. The van der Waals surface area contributed by atoms with Crippen LogP contribution in [-0.4, -0.2) is 0 Å². The van der Waals surface area contributed by atoms with E-state index in [1.807, 2.05) is 0 Å². The molecule has 0 saturated carbocycles. The molecular weight excluding hydrogens is 307 g/mol. The van der Waals surface area contributed by atoms with Crippen molar-refractivity contribution in [1.29, 1.82) is 0 Å². The molecule has 3 aromatic carbocycles. The third-order valence-corrected chi connectivity index (χ3v) is 7.89. The van der Waals surface area contributed by atoms with Crippen LogP contribution in [0.1, 0.15) is 13.8 Å². The molecule has 0 aliphatic heterocycles. The van der Waals surface area contributed by atoms with Gasteiger partial charge in [-0.2, -0.15) is 0 Å². The van der Waals surface area contributed by atoms with Gasteiger partial charge in [0.2, 0.25) is 0 Å². The zero-order chi connectivity index (χ0) is 16.8. The van der Waals surface area contributed by atoms with Crippen LogP contribution in [0.2, 0.25) is 0 Å². The normalized spacial score (nSPS) is 10.8. The van der Waals surface area contributed by atoms with E-state index in [0.717, 1.165) is 0 Å². The van der Waals surface area contributed by atoms with E-state index in [9.17, 15) is 0 Å². The van der Waals surface area contributed by atoms with Crippen LogP contribution >= 0.6 is 7.26 Å². The van der Waals surface area contributed by atoms with Crippen LogP contribution in [0.4, 0.5) is 0 Å². The molecule has 0 bridgehead atoms. The highest BCUT2D eigenvalue weighted by atomic mass is 31.2. The molecule has 0 unspecified atom stereocenters. The fourth-order valence-corrected chi connectivity index (χ4v) is 6.61. The highest BCUT2D eigenvalue weighted by Gasteiger charge is 2.43. The van der Waals surface area contributed by atoms with Gasteiger partial charge in [0.1, 0.15) is 29.0 Å². The molecule has 0 nitrogen and oxygen atoms in total. The zero-order valence-electron chi connectivity index (χ0n) is 14.2. The number of rotatable bonds is 4. The van der Waals surface area contributed by atoms with Gasteiger partial charge in [-0.3, -0.25) is 0 Å². The SMILES string of the molecule is CC(C)=C=C[P+](c1ccccc1)(c1ccccc1)c1ccccc1. The van der Waals surface area contributed by atoms with Crippen LogP contribution < -0.4 is 15.9 Å². The number of hydrogen-bond donors (Lipinski definition) is 0. The summed E-state index contributed by atoms with van der Waals surface area (Å²) < 4.78 is 0. The lowest BCUT2D eigenvalue weighted by molar-refractivity contribution is 1.41. The van der Waals surface area contributed by atoms with Gasteiger partial charge in [0, 0.05) is 0 Å². The van der Waals surface area contributed by atoms with E-state index in [1.54, 1.807) is 0 Å². The van der Waals surface area contributed by atoms with E-state index >= 15 is 0 Å². The van der Waals surface area contributed by atoms with Gasteiger partial charge >= 0.3 is 0 Å². The van der Waals surface area contributed by atoms with E-state index in [-0.39, 0.29) is 0 Å². The molecule has 0 amide bonds. The van der Waals surface area contributed by atoms with E-state index in [2.05, 4.69) is 116 Å². The molecule has 118 valence electrons. The average Bonchev–Trinajstić information content (AvgIpc) is 2.65. The van der Waals surface area contributed by atoms with Crippen molar-refractivity contribution in [1.82, 2.24) is 0 Å². The Bertz CT molecular complexity index is 742. The van der Waals surface area contributed by atoms with Crippen LogP contribution in [0.15, 0.2) is 108 Å². The Kier molecular flexibility index (Phi) is 5.11. The minimum absolute atomic E-state index is 1.20. The van der Waals surface area contributed by atoms with Crippen molar-refractivity contribution in [2.45, 2.75) is 13.8 Å². The van der Waals surface area contributed by atoms with Crippen molar-refractivity contribution in [2.24, 2.45) is 0 Å². The van der Waals surface area contributed by atoms with Gasteiger partial charge in [0.15, 0.2) is 0 Å². The van der Waals surface area contributed by atoms with Crippen LogP contribution in [-0.2, 0) is 0 Å². The quantitative estimate of drug-likeness (QED) is 0.464. The lowest BCUT2D eigenvalue weighted by Crippen LogP contribution is -2.29. The van der Waals surface area contributed by atoms with Gasteiger partial charge in [-0.15, -0.1) is 0 Å². The second-order valence-corrected chi connectivity index (χ2v) is 9.26. The summed E-state index contributed by atoms with van der Waals surface area (Å²) in [7, 11) is -1.86. The summed E-state index contributed by atoms with van der Waals surface area (Å²) >= 11 is 0. The Morgan fingerprint density at radius 2 is 0.958 bits per heavy atom. The number of hydrogen-bond acceptors (Lipinski definition) is 0. The molecule has 0 saturated heterocycles. The molecule has 0 fully saturated rings. The largest absolute Gasteiger partial charge is 0.144 e. The first-order chi connectivity index (χ1) is 11.7. The van der Waals surface area contributed by atoms with Crippen LogP contribution in [0.25, 0.3) is 0 Å². The third-order valence-electron chi connectivity index (χ3n) is 4.04. The first-order valence-corrected chi connectivity index (χ1v) is 10.1. The summed E-state index contributed by atoms with van der Waals surface area (Å²) in [5.74, 6) is 2.32. The Hall–Kier alpha value is -2.39. The minimum atomic E-state index is -1.86. The van der Waals surface area contributed by atoms with Crippen molar-refractivity contribution in [3.05, 3.63) is 108 Å². The maximum absolute atomic E-state index is 3.52. The lowest BCUT2D eigenvalue weighted by Gasteiger charge is -2.23. The summed E-state index contributed by atoms with van der Waals surface area (Å²) in [6.45, 7) is 4.21. The van der Waals surface area contributed by atoms with Gasteiger partial charge in [0.05, 0.1) is 0 Å². The van der Waals surface area contributed by atoms with Gasteiger partial charge in [0.25, 0.3) is 0 Å². The molecule has 0 spiro atoms. The highest BCUT2D eigenvalue weighted by Crippen LogP contribution is 2.56. The molecule has 0 heterocycles.